The van der Waals surface area contributed by atoms with Gasteiger partial charge in [-0.1, -0.05) is 61.5 Å². The molecule has 0 spiro atoms. The average Bonchev–Trinajstić information content (AvgIpc) is 3.30. The molecule has 0 saturated carbocycles. The number of ether oxygens (including phenoxy) is 1. The third-order valence-electron chi connectivity index (χ3n) is 4.84. The molecule has 0 saturated heterocycles. The normalized spacial score (nSPS) is 12.5. The van der Waals surface area contributed by atoms with E-state index in [2.05, 4.69) is 70.4 Å². The van der Waals surface area contributed by atoms with Gasteiger partial charge in [-0.3, -0.25) is 0 Å². The van der Waals surface area contributed by atoms with E-state index in [1.54, 1.807) is 6.20 Å². The van der Waals surface area contributed by atoms with Crippen LogP contribution >= 0.6 is 0 Å². The van der Waals surface area contributed by atoms with Crippen LogP contribution in [0.3, 0.4) is 0 Å². The quantitative estimate of drug-likeness (QED) is 0.366. The topological polar surface area (TPSA) is 63.5 Å². The van der Waals surface area contributed by atoms with Gasteiger partial charge in [0, 0.05) is 32.0 Å². The molecule has 0 aliphatic heterocycles. The minimum atomic E-state index is 0.384. The molecule has 164 valence electrons. The number of hydrogen-bond acceptors (Lipinski definition) is 3. The van der Waals surface area contributed by atoms with Gasteiger partial charge in [-0.05, 0) is 29.5 Å². The zero-order valence-corrected chi connectivity index (χ0v) is 18.5. The van der Waals surface area contributed by atoms with Crippen molar-refractivity contribution in [1.82, 2.24) is 20.2 Å². The second-order valence-corrected chi connectivity index (χ2v) is 7.73. The molecule has 2 N–H and O–H groups in total. The number of imidazole rings is 1. The predicted molar refractivity (Wildman–Crippen MR) is 126 cm³/mol. The number of aliphatic imine (C=N–C) groups is 1. The van der Waals surface area contributed by atoms with Gasteiger partial charge in [-0.15, -0.1) is 0 Å². The molecule has 3 rings (SSSR count). The van der Waals surface area contributed by atoms with Crippen LogP contribution in [0.25, 0.3) is 0 Å². The summed E-state index contributed by atoms with van der Waals surface area (Å²) in [6, 6.07) is 18.8. The third-order valence-corrected chi connectivity index (χ3v) is 4.84. The van der Waals surface area contributed by atoms with Crippen molar-refractivity contribution in [1.29, 1.82) is 0 Å². The van der Waals surface area contributed by atoms with Gasteiger partial charge in [-0.25, -0.2) is 9.98 Å². The minimum absolute atomic E-state index is 0.384. The molecule has 0 aliphatic carbocycles. The first kappa shape index (κ1) is 22.6. The van der Waals surface area contributed by atoms with E-state index in [0.717, 1.165) is 25.6 Å². The summed E-state index contributed by atoms with van der Waals surface area (Å²) in [5.41, 5.74) is 3.64. The van der Waals surface area contributed by atoms with E-state index in [1.807, 2.05) is 30.7 Å². The van der Waals surface area contributed by atoms with Crippen molar-refractivity contribution in [3.05, 3.63) is 90.0 Å². The van der Waals surface area contributed by atoms with Crippen molar-refractivity contribution in [2.75, 3.05) is 19.7 Å². The molecule has 3 aromatic rings. The van der Waals surface area contributed by atoms with Crippen molar-refractivity contribution < 1.29 is 4.74 Å². The largest absolute Gasteiger partial charge is 0.376 e. The molecule has 2 aromatic carbocycles. The summed E-state index contributed by atoms with van der Waals surface area (Å²) in [5, 5.41) is 6.75. The molecule has 0 bridgehead atoms. The van der Waals surface area contributed by atoms with E-state index in [9.17, 15) is 0 Å². The van der Waals surface area contributed by atoms with Gasteiger partial charge in [0.2, 0.25) is 0 Å². The van der Waals surface area contributed by atoms with Crippen LogP contribution in [-0.4, -0.2) is 35.2 Å². The van der Waals surface area contributed by atoms with Gasteiger partial charge in [-0.2, -0.15) is 0 Å². The summed E-state index contributed by atoms with van der Waals surface area (Å²) in [6.07, 6.45) is 5.61. The highest BCUT2D eigenvalue weighted by Gasteiger charge is 2.05. The first-order valence-electron chi connectivity index (χ1n) is 10.9. The minimum Gasteiger partial charge on any atom is -0.376 e. The van der Waals surface area contributed by atoms with Gasteiger partial charge in [0.15, 0.2) is 5.96 Å². The monoisotopic (exact) mass is 419 g/mol. The predicted octanol–water partition coefficient (Wildman–Crippen LogP) is 3.84. The molecule has 31 heavy (non-hydrogen) atoms. The van der Waals surface area contributed by atoms with Crippen LogP contribution in [0.2, 0.25) is 0 Å². The molecule has 0 amide bonds. The molecule has 6 heteroatoms. The molecule has 0 radical (unpaired) electrons. The Bertz CT molecular complexity index is 891. The van der Waals surface area contributed by atoms with Crippen LogP contribution in [0.15, 0.2) is 78.3 Å². The zero-order valence-electron chi connectivity index (χ0n) is 18.5. The molecule has 0 aliphatic rings. The van der Waals surface area contributed by atoms with Crippen molar-refractivity contribution in [3.63, 3.8) is 0 Å². The lowest BCUT2D eigenvalue weighted by atomic mass is 10.1. The lowest BCUT2D eigenvalue weighted by Gasteiger charge is -2.16. The van der Waals surface area contributed by atoms with Gasteiger partial charge in [0.25, 0.3) is 0 Å². The van der Waals surface area contributed by atoms with Gasteiger partial charge in [0.05, 0.1) is 26.1 Å². The Morgan fingerprint density at radius 1 is 1.03 bits per heavy atom. The molecule has 1 unspecified atom stereocenters. The fraction of sp³-hybridized carbons (Fsp3) is 0.360. The highest BCUT2D eigenvalue weighted by molar-refractivity contribution is 5.79. The lowest BCUT2D eigenvalue weighted by Crippen LogP contribution is -2.40. The van der Waals surface area contributed by atoms with Crippen LogP contribution in [0.4, 0.5) is 0 Å². The maximum Gasteiger partial charge on any atom is 0.191 e. The fourth-order valence-electron chi connectivity index (χ4n) is 3.14. The fourth-order valence-corrected chi connectivity index (χ4v) is 3.14. The van der Waals surface area contributed by atoms with Crippen LogP contribution in [0.5, 0.6) is 0 Å². The van der Waals surface area contributed by atoms with Gasteiger partial charge < -0.3 is 19.9 Å². The van der Waals surface area contributed by atoms with Crippen molar-refractivity contribution in [2.24, 2.45) is 10.9 Å². The second-order valence-electron chi connectivity index (χ2n) is 7.73. The molecule has 1 heterocycles. The Morgan fingerprint density at radius 2 is 1.81 bits per heavy atom. The molecular formula is C25H33N5O. The van der Waals surface area contributed by atoms with Crippen molar-refractivity contribution in [2.45, 2.75) is 33.5 Å². The van der Waals surface area contributed by atoms with Crippen LogP contribution in [0, 0.1) is 5.92 Å². The van der Waals surface area contributed by atoms with E-state index in [0.29, 0.717) is 25.7 Å². The highest BCUT2D eigenvalue weighted by Crippen LogP contribution is 2.08. The molecule has 0 fully saturated rings. The van der Waals surface area contributed by atoms with Crippen molar-refractivity contribution >= 4 is 5.96 Å². The summed E-state index contributed by atoms with van der Waals surface area (Å²) in [5.74, 6) is 1.22. The number of benzene rings is 2. The summed E-state index contributed by atoms with van der Waals surface area (Å²) in [4.78, 5) is 8.81. The standard InChI is InChI=1S/C25H33N5O/c1-3-27-25(28-15-21(2)18-31-19-24-7-5-4-6-8-24)29-16-22-9-11-23(12-10-22)17-30-14-13-26-20-30/h4-14,20-21H,3,15-19H2,1-2H3,(H2,27,28,29). The summed E-state index contributed by atoms with van der Waals surface area (Å²) < 4.78 is 7.91. The average molecular weight is 420 g/mol. The highest BCUT2D eigenvalue weighted by atomic mass is 16.5. The van der Waals surface area contributed by atoms with E-state index in [1.165, 1.54) is 16.7 Å². The van der Waals surface area contributed by atoms with Crippen LogP contribution < -0.4 is 10.6 Å². The Balaban J connectivity index is 1.42. The van der Waals surface area contributed by atoms with Gasteiger partial charge >= 0.3 is 0 Å². The SMILES string of the molecule is CCNC(=NCc1ccc(Cn2ccnc2)cc1)NCC(C)COCc1ccccc1. The molecule has 1 atom stereocenters. The molecule has 6 nitrogen and oxygen atoms in total. The first-order chi connectivity index (χ1) is 15.2. The van der Waals surface area contributed by atoms with Crippen molar-refractivity contribution in [3.8, 4) is 0 Å². The number of nitrogens with zero attached hydrogens (tertiary/aromatic N) is 3. The molecular weight excluding hydrogens is 386 g/mol. The number of guanidine groups is 1. The maximum atomic E-state index is 5.85. The smallest absolute Gasteiger partial charge is 0.191 e. The Hall–Kier alpha value is -3.12. The van der Waals surface area contributed by atoms with Gasteiger partial charge in [0.1, 0.15) is 0 Å². The lowest BCUT2D eigenvalue weighted by molar-refractivity contribution is 0.0931. The van der Waals surface area contributed by atoms with E-state index in [4.69, 9.17) is 9.73 Å². The summed E-state index contributed by atoms with van der Waals surface area (Å²) >= 11 is 0. The van der Waals surface area contributed by atoms with E-state index in [-0.39, 0.29) is 0 Å². The Kier molecular flexibility index (Phi) is 9.13. The third kappa shape index (κ3) is 8.26. The maximum absolute atomic E-state index is 5.85. The zero-order chi connectivity index (χ0) is 21.7. The van der Waals surface area contributed by atoms with Crippen LogP contribution in [-0.2, 0) is 24.4 Å². The first-order valence-corrected chi connectivity index (χ1v) is 10.9. The van der Waals surface area contributed by atoms with E-state index < -0.39 is 0 Å². The van der Waals surface area contributed by atoms with Crippen LogP contribution in [0.1, 0.15) is 30.5 Å². The Labute approximate surface area is 185 Å². The number of aromatic nitrogens is 2. The summed E-state index contributed by atoms with van der Waals surface area (Å²) in [6.45, 7) is 8.72. The van der Waals surface area contributed by atoms with E-state index >= 15 is 0 Å². The summed E-state index contributed by atoms with van der Waals surface area (Å²) in [7, 11) is 0. The molecule has 1 aromatic heterocycles. The Morgan fingerprint density at radius 3 is 2.52 bits per heavy atom. The number of hydrogen-bond donors (Lipinski definition) is 2. The number of rotatable bonds is 11. The number of nitrogens with one attached hydrogen (secondary N) is 2. The second kappa shape index (κ2) is 12.5.